The molecule has 0 aliphatic carbocycles. The SMILES string of the molecule is CC(=O)c1cc(F)ccc1OCC1CN(C(=O)Cc2ccc(O)c(Cl)c2)CCO1. The maximum Gasteiger partial charge on any atom is 0.227 e. The maximum absolute atomic E-state index is 13.4. The minimum Gasteiger partial charge on any atom is -0.506 e. The summed E-state index contributed by atoms with van der Waals surface area (Å²) in [6.07, 6.45) is -0.221. The summed E-state index contributed by atoms with van der Waals surface area (Å²) in [5, 5.41) is 9.68. The van der Waals surface area contributed by atoms with Gasteiger partial charge >= 0.3 is 0 Å². The van der Waals surface area contributed by atoms with Crippen LogP contribution in [-0.2, 0) is 16.0 Å². The molecular weight excluding hydrogens is 401 g/mol. The number of Topliss-reactive ketones (excluding diaryl/α,β-unsaturated/α-hetero) is 1. The highest BCUT2D eigenvalue weighted by molar-refractivity contribution is 6.32. The van der Waals surface area contributed by atoms with E-state index in [0.29, 0.717) is 25.3 Å². The van der Waals surface area contributed by atoms with E-state index in [9.17, 15) is 19.1 Å². The second kappa shape index (κ2) is 9.24. The molecule has 1 aliphatic heterocycles. The Kier molecular flexibility index (Phi) is 6.71. The molecule has 3 rings (SSSR count). The predicted octanol–water partition coefficient (Wildman–Crippen LogP) is 3.24. The lowest BCUT2D eigenvalue weighted by Crippen LogP contribution is -2.48. The smallest absolute Gasteiger partial charge is 0.227 e. The minimum absolute atomic E-state index is 0.0304. The molecule has 1 aliphatic rings. The van der Waals surface area contributed by atoms with Crippen LogP contribution in [0.4, 0.5) is 4.39 Å². The number of phenols is 1. The number of amides is 1. The second-order valence-corrected chi connectivity index (χ2v) is 7.21. The number of aromatic hydroxyl groups is 1. The van der Waals surface area contributed by atoms with Crippen molar-refractivity contribution < 1.29 is 28.6 Å². The number of phenolic OH excluding ortho intramolecular Hbond substituents is 1. The van der Waals surface area contributed by atoms with Crippen LogP contribution in [0.15, 0.2) is 36.4 Å². The monoisotopic (exact) mass is 421 g/mol. The zero-order valence-electron chi connectivity index (χ0n) is 15.9. The average molecular weight is 422 g/mol. The first-order valence-corrected chi connectivity index (χ1v) is 9.51. The van der Waals surface area contributed by atoms with E-state index in [-0.39, 0.29) is 52.9 Å². The van der Waals surface area contributed by atoms with Crippen LogP contribution in [0.1, 0.15) is 22.8 Å². The third-order valence-electron chi connectivity index (χ3n) is 4.60. The van der Waals surface area contributed by atoms with Gasteiger partial charge in [-0.2, -0.15) is 0 Å². The Balaban J connectivity index is 1.58. The first-order chi connectivity index (χ1) is 13.8. The van der Waals surface area contributed by atoms with Crippen molar-refractivity contribution in [1.82, 2.24) is 4.90 Å². The van der Waals surface area contributed by atoms with Crippen LogP contribution < -0.4 is 4.74 Å². The van der Waals surface area contributed by atoms with Gasteiger partial charge in [-0.15, -0.1) is 0 Å². The van der Waals surface area contributed by atoms with E-state index < -0.39 is 5.82 Å². The van der Waals surface area contributed by atoms with Crippen molar-refractivity contribution in [2.45, 2.75) is 19.4 Å². The summed E-state index contributed by atoms with van der Waals surface area (Å²) in [6, 6.07) is 8.44. The molecule has 1 atom stereocenters. The fraction of sp³-hybridized carbons (Fsp3) is 0.333. The number of halogens is 2. The van der Waals surface area contributed by atoms with Crippen LogP contribution in [0.2, 0.25) is 5.02 Å². The van der Waals surface area contributed by atoms with E-state index in [1.807, 2.05) is 0 Å². The van der Waals surface area contributed by atoms with Crippen LogP contribution in [-0.4, -0.2) is 54.1 Å². The van der Waals surface area contributed by atoms with Gasteiger partial charge in [0.25, 0.3) is 0 Å². The van der Waals surface area contributed by atoms with Crippen LogP contribution in [0.3, 0.4) is 0 Å². The summed E-state index contributed by atoms with van der Waals surface area (Å²) in [5.74, 6) is -0.649. The molecule has 0 radical (unpaired) electrons. The lowest BCUT2D eigenvalue weighted by atomic mass is 10.1. The molecule has 29 heavy (non-hydrogen) atoms. The van der Waals surface area contributed by atoms with Crippen LogP contribution in [0.5, 0.6) is 11.5 Å². The molecule has 1 saturated heterocycles. The lowest BCUT2D eigenvalue weighted by molar-refractivity contribution is -0.139. The maximum atomic E-state index is 13.4. The van der Waals surface area contributed by atoms with E-state index in [4.69, 9.17) is 21.1 Å². The van der Waals surface area contributed by atoms with E-state index in [1.54, 1.807) is 17.0 Å². The highest BCUT2D eigenvalue weighted by atomic mass is 35.5. The van der Waals surface area contributed by atoms with Gasteiger partial charge in [-0.25, -0.2) is 4.39 Å². The molecule has 1 N–H and O–H groups in total. The number of rotatable bonds is 6. The molecule has 6 nitrogen and oxygen atoms in total. The average Bonchev–Trinajstić information content (AvgIpc) is 2.70. The largest absolute Gasteiger partial charge is 0.506 e. The van der Waals surface area contributed by atoms with Crippen molar-refractivity contribution in [3.8, 4) is 11.5 Å². The molecule has 1 unspecified atom stereocenters. The van der Waals surface area contributed by atoms with Crippen molar-refractivity contribution >= 4 is 23.3 Å². The second-order valence-electron chi connectivity index (χ2n) is 6.80. The standard InChI is InChI=1S/C21H21ClFNO5/c1-13(25)17-10-15(23)3-5-20(17)29-12-16-11-24(6-7-28-16)21(27)9-14-2-4-19(26)18(22)8-14/h2-5,8,10,16,26H,6-7,9,11-12H2,1H3. The van der Waals surface area contributed by atoms with Gasteiger partial charge in [-0.3, -0.25) is 9.59 Å². The number of ketones is 1. The predicted molar refractivity (Wildman–Crippen MR) is 105 cm³/mol. The quantitative estimate of drug-likeness (QED) is 0.725. The summed E-state index contributed by atoms with van der Waals surface area (Å²) < 4.78 is 24.7. The molecule has 0 bridgehead atoms. The van der Waals surface area contributed by atoms with Gasteiger partial charge in [0.1, 0.15) is 30.0 Å². The first kappa shape index (κ1) is 21.1. The van der Waals surface area contributed by atoms with Crippen LogP contribution in [0.25, 0.3) is 0 Å². The molecule has 1 heterocycles. The van der Waals surface area contributed by atoms with E-state index in [0.717, 1.165) is 6.07 Å². The van der Waals surface area contributed by atoms with Gasteiger partial charge in [0.05, 0.1) is 30.2 Å². The highest BCUT2D eigenvalue weighted by Crippen LogP contribution is 2.24. The Morgan fingerprint density at radius 2 is 2.10 bits per heavy atom. The molecule has 0 saturated carbocycles. The summed E-state index contributed by atoms with van der Waals surface area (Å²) in [7, 11) is 0. The summed E-state index contributed by atoms with van der Waals surface area (Å²) in [4.78, 5) is 26.0. The van der Waals surface area contributed by atoms with Crippen molar-refractivity contribution in [3.05, 3.63) is 58.4 Å². The number of morpholine rings is 1. The van der Waals surface area contributed by atoms with Gasteiger partial charge < -0.3 is 19.5 Å². The summed E-state index contributed by atoms with van der Waals surface area (Å²) in [5.41, 5.74) is 0.868. The first-order valence-electron chi connectivity index (χ1n) is 9.13. The van der Waals surface area contributed by atoms with Crippen molar-refractivity contribution in [2.75, 3.05) is 26.3 Å². The number of nitrogens with zero attached hydrogens (tertiary/aromatic N) is 1. The third kappa shape index (κ3) is 5.46. The van der Waals surface area contributed by atoms with E-state index in [2.05, 4.69) is 0 Å². The lowest BCUT2D eigenvalue weighted by Gasteiger charge is -2.33. The number of hydrogen-bond acceptors (Lipinski definition) is 5. The molecule has 0 spiro atoms. The molecule has 0 aromatic heterocycles. The van der Waals surface area contributed by atoms with Gasteiger partial charge in [0.15, 0.2) is 5.78 Å². The molecule has 8 heteroatoms. The summed E-state index contributed by atoms with van der Waals surface area (Å²) in [6.45, 7) is 2.62. The zero-order valence-corrected chi connectivity index (χ0v) is 16.6. The topological polar surface area (TPSA) is 76.1 Å². The number of carbonyl (C=O) groups excluding carboxylic acids is 2. The molecule has 1 amide bonds. The Morgan fingerprint density at radius 3 is 2.83 bits per heavy atom. The highest BCUT2D eigenvalue weighted by Gasteiger charge is 2.25. The van der Waals surface area contributed by atoms with E-state index in [1.165, 1.54) is 25.1 Å². The normalized spacial score (nSPS) is 16.5. The number of hydrogen-bond donors (Lipinski definition) is 1. The van der Waals surface area contributed by atoms with Crippen LogP contribution in [0, 0.1) is 5.82 Å². The summed E-state index contributed by atoms with van der Waals surface area (Å²) >= 11 is 5.89. The third-order valence-corrected chi connectivity index (χ3v) is 4.91. The Bertz CT molecular complexity index is 920. The molecule has 154 valence electrons. The Labute approximate surface area is 172 Å². The number of ether oxygens (including phenoxy) is 2. The molecule has 2 aromatic rings. The van der Waals surface area contributed by atoms with Gasteiger partial charge in [0, 0.05) is 6.54 Å². The minimum atomic E-state index is -0.512. The fourth-order valence-electron chi connectivity index (χ4n) is 3.08. The van der Waals surface area contributed by atoms with Gasteiger partial charge in [0.2, 0.25) is 5.91 Å². The fourth-order valence-corrected chi connectivity index (χ4v) is 3.28. The molecular formula is C21H21ClFNO5. The Morgan fingerprint density at radius 1 is 1.31 bits per heavy atom. The van der Waals surface area contributed by atoms with E-state index >= 15 is 0 Å². The van der Waals surface area contributed by atoms with Crippen LogP contribution >= 0.6 is 11.6 Å². The molecule has 2 aromatic carbocycles. The van der Waals surface area contributed by atoms with Crippen molar-refractivity contribution in [1.29, 1.82) is 0 Å². The van der Waals surface area contributed by atoms with Gasteiger partial charge in [-0.1, -0.05) is 17.7 Å². The number of benzene rings is 2. The Hall–Kier alpha value is -2.64. The van der Waals surface area contributed by atoms with Crippen molar-refractivity contribution in [2.24, 2.45) is 0 Å². The molecule has 1 fully saturated rings. The van der Waals surface area contributed by atoms with Gasteiger partial charge in [-0.05, 0) is 42.8 Å². The van der Waals surface area contributed by atoms with Crippen molar-refractivity contribution in [3.63, 3.8) is 0 Å². The zero-order chi connectivity index (χ0) is 21.0. The number of carbonyl (C=O) groups is 2.